The Bertz CT molecular complexity index is 407. The van der Waals surface area contributed by atoms with Crippen molar-refractivity contribution in [2.24, 2.45) is 17.3 Å². The van der Waals surface area contributed by atoms with Crippen molar-refractivity contribution < 1.29 is 27.1 Å². The number of esters is 1. The Kier molecular flexibility index (Phi) is 4.43. The quantitative estimate of drug-likeness (QED) is 0.445. The zero-order valence-electron chi connectivity index (χ0n) is 10.9. The van der Waals surface area contributed by atoms with Crippen molar-refractivity contribution in [3.63, 3.8) is 0 Å². The maximum Gasteiger partial charge on any atom is 0.442 e. The van der Waals surface area contributed by atoms with Crippen molar-refractivity contribution in [3.05, 3.63) is 24.1 Å². The summed E-state index contributed by atoms with van der Waals surface area (Å²) in [7, 11) is 0. The van der Waals surface area contributed by atoms with Gasteiger partial charge in [0.25, 0.3) is 0 Å². The van der Waals surface area contributed by atoms with E-state index in [2.05, 4.69) is 0 Å². The fourth-order valence-corrected chi connectivity index (χ4v) is 2.07. The predicted molar refractivity (Wildman–Crippen MR) is 61.8 cm³/mol. The van der Waals surface area contributed by atoms with Crippen molar-refractivity contribution in [1.82, 2.24) is 0 Å². The second kappa shape index (κ2) is 5.35. The molecular formula is C13H16F4O2. The number of alkyl halides is 3. The number of rotatable bonds is 4. The van der Waals surface area contributed by atoms with Crippen LogP contribution in [0.4, 0.5) is 17.6 Å². The third kappa shape index (κ3) is 3.58. The van der Waals surface area contributed by atoms with Gasteiger partial charge in [-0.1, -0.05) is 26.0 Å². The fraction of sp³-hybridized carbons (Fsp3) is 0.615. The first-order chi connectivity index (χ1) is 8.62. The van der Waals surface area contributed by atoms with Crippen LogP contribution in [0.5, 0.6) is 0 Å². The van der Waals surface area contributed by atoms with Gasteiger partial charge in [0.2, 0.25) is 5.83 Å². The first-order valence-electron chi connectivity index (χ1n) is 5.90. The first-order valence-corrected chi connectivity index (χ1v) is 5.90. The van der Waals surface area contributed by atoms with Crippen LogP contribution in [-0.2, 0) is 9.53 Å². The normalized spacial score (nSPS) is 26.6. The fourth-order valence-electron chi connectivity index (χ4n) is 2.07. The Morgan fingerprint density at radius 2 is 1.95 bits per heavy atom. The minimum atomic E-state index is -4.97. The number of halogens is 4. The smallest absolute Gasteiger partial charge is 0.442 e. The van der Waals surface area contributed by atoms with E-state index >= 15 is 0 Å². The molecule has 1 saturated carbocycles. The largest absolute Gasteiger partial charge is 0.466 e. The lowest BCUT2D eigenvalue weighted by Gasteiger charge is -2.01. The van der Waals surface area contributed by atoms with Gasteiger partial charge in [-0.2, -0.15) is 13.2 Å². The van der Waals surface area contributed by atoms with E-state index < -0.39 is 12.0 Å². The Balaban J connectivity index is 2.67. The van der Waals surface area contributed by atoms with Crippen LogP contribution in [0, 0.1) is 17.3 Å². The van der Waals surface area contributed by atoms with E-state index in [4.69, 9.17) is 4.74 Å². The topological polar surface area (TPSA) is 26.3 Å². The van der Waals surface area contributed by atoms with E-state index in [-0.39, 0.29) is 29.8 Å². The molecule has 1 aliphatic rings. The van der Waals surface area contributed by atoms with E-state index in [1.165, 1.54) is 6.08 Å². The number of hydrogen-bond donors (Lipinski definition) is 0. The number of hydrogen-bond acceptors (Lipinski definition) is 2. The average molecular weight is 280 g/mol. The molecule has 19 heavy (non-hydrogen) atoms. The summed E-state index contributed by atoms with van der Waals surface area (Å²) >= 11 is 0. The number of carbonyl (C=O) groups is 1. The van der Waals surface area contributed by atoms with Crippen molar-refractivity contribution in [2.75, 3.05) is 6.61 Å². The third-order valence-electron chi connectivity index (χ3n) is 3.28. The zero-order valence-corrected chi connectivity index (χ0v) is 10.9. The van der Waals surface area contributed by atoms with Crippen LogP contribution in [0.3, 0.4) is 0 Å². The standard InChI is InChI=1S/C13H16F4O2/c1-4-19-11(18)10-8(12(10,2)3)6-5-7-9(14)13(15,16)17/h5-8,10H,4H2,1-3H3/b6-5+,9-7-. The summed E-state index contributed by atoms with van der Waals surface area (Å²) in [5.74, 6) is -3.15. The van der Waals surface area contributed by atoms with Crippen LogP contribution in [0.1, 0.15) is 20.8 Å². The molecule has 2 atom stereocenters. The Morgan fingerprint density at radius 1 is 1.37 bits per heavy atom. The van der Waals surface area contributed by atoms with Crippen molar-refractivity contribution in [1.29, 1.82) is 0 Å². The Labute approximate surface area is 109 Å². The minimum Gasteiger partial charge on any atom is -0.466 e. The van der Waals surface area contributed by atoms with Crippen molar-refractivity contribution in [3.8, 4) is 0 Å². The molecule has 0 saturated heterocycles. The summed E-state index contributed by atoms with van der Waals surface area (Å²) in [6, 6.07) is 0. The van der Waals surface area contributed by atoms with E-state index in [1.54, 1.807) is 6.92 Å². The van der Waals surface area contributed by atoms with Gasteiger partial charge in [-0.25, -0.2) is 4.39 Å². The van der Waals surface area contributed by atoms with E-state index in [0.29, 0.717) is 6.08 Å². The molecule has 108 valence electrons. The van der Waals surface area contributed by atoms with Crippen molar-refractivity contribution >= 4 is 5.97 Å². The van der Waals surface area contributed by atoms with Crippen LogP contribution < -0.4 is 0 Å². The van der Waals surface area contributed by atoms with Gasteiger partial charge in [-0.3, -0.25) is 4.79 Å². The van der Waals surface area contributed by atoms with Gasteiger partial charge in [0.05, 0.1) is 12.5 Å². The minimum absolute atomic E-state index is 0.233. The molecule has 0 bridgehead atoms. The second-order valence-corrected chi connectivity index (χ2v) is 4.97. The molecule has 0 N–H and O–H groups in total. The van der Waals surface area contributed by atoms with Crippen LogP contribution in [0.25, 0.3) is 0 Å². The van der Waals surface area contributed by atoms with Crippen LogP contribution >= 0.6 is 0 Å². The molecule has 1 fully saturated rings. The highest BCUT2D eigenvalue weighted by Crippen LogP contribution is 2.59. The number of allylic oxidation sites excluding steroid dienone is 4. The molecule has 0 spiro atoms. The highest BCUT2D eigenvalue weighted by Gasteiger charge is 2.61. The molecule has 1 rings (SSSR count). The summed E-state index contributed by atoms with van der Waals surface area (Å²) in [4.78, 5) is 11.6. The molecule has 0 aromatic heterocycles. The van der Waals surface area contributed by atoms with Gasteiger partial charge in [0.1, 0.15) is 0 Å². The van der Waals surface area contributed by atoms with E-state index in [1.807, 2.05) is 13.8 Å². The zero-order chi connectivity index (χ0) is 14.8. The van der Waals surface area contributed by atoms with Crippen LogP contribution in [-0.4, -0.2) is 18.8 Å². The summed E-state index contributed by atoms with van der Waals surface area (Å²) in [6.07, 6.45) is -2.21. The monoisotopic (exact) mass is 280 g/mol. The highest BCUT2D eigenvalue weighted by atomic mass is 19.4. The SMILES string of the molecule is CCOC(=O)C1C(/C=C/C=C(\F)C(F)(F)F)C1(C)C. The lowest BCUT2D eigenvalue weighted by Crippen LogP contribution is -2.10. The molecule has 0 radical (unpaired) electrons. The maximum absolute atomic E-state index is 12.5. The lowest BCUT2D eigenvalue weighted by molar-refractivity contribution is -0.145. The predicted octanol–water partition coefficient (Wildman–Crippen LogP) is 3.79. The Hall–Kier alpha value is -1.33. The molecule has 0 aromatic rings. The highest BCUT2D eigenvalue weighted by molar-refractivity contribution is 5.78. The summed E-state index contributed by atoms with van der Waals surface area (Å²) in [6.45, 7) is 5.56. The van der Waals surface area contributed by atoms with E-state index in [0.717, 1.165) is 6.08 Å². The molecule has 1 aliphatic carbocycles. The van der Waals surface area contributed by atoms with Crippen LogP contribution in [0.15, 0.2) is 24.1 Å². The second-order valence-electron chi connectivity index (χ2n) is 4.97. The third-order valence-corrected chi connectivity index (χ3v) is 3.28. The summed E-state index contributed by atoms with van der Waals surface area (Å²) in [5.41, 5.74) is -0.370. The Morgan fingerprint density at radius 3 is 2.42 bits per heavy atom. The van der Waals surface area contributed by atoms with Gasteiger partial charge in [-0.15, -0.1) is 0 Å². The molecule has 6 heteroatoms. The molecular weight excluding hydrogens is 264 g/mol. The van der Waals surface area contributed by atoms with Gasteiger partial charge < -0.3 is 4.74 Å². The van der Waals surface area contributed by atoms with Gasteiger partial charge in [0.15, 0.2) is 0 Å². The molecule has 0 heterocycles. The van der Waals surface area contributed by atoms with Crippen LogP contribution in [0.2, 0.25) is 0 Å². The maximum atomic E-state index is 12.5. The molecule has 0 aliphatic heterocycles. The van der Waals surface area contributed by atoms with Crippen molar-refractivity contribution in [2.45, 2.75) is 26.9 Å². The number of ether oxygens (including phenoxy) is 1. The molecule has 2 unspecified atom stereocenters. The van der Waals surface area contributed by atoms with Gasteiger partial charge in [-0.05, 0) is 24.3 Å². The van der Waals surface area contributed by atoms with Gasteiger partial charge >= 0.3 is 12.1 Å². The molecule has 2 nitrogen and oxygen atoms in total. The summed E-state index contributed by atoms with van der Waals surface area (Å²) in [5, 5.41) is 0. The molecule has 0 amide bonds. The molecule has 0 aromatic carbocycles. The number of carbonyl (C=O) groups excluding carboxylic acids is 1. The van der Waals surface area contributed by atoms with E-state index in [9.17, 15) is 22.4 Å². The first kappa shape index (κ1) is 15.7. The average Bonchev–Trinajstić information content (AvgIpc) is 2.79. The van der Waals surface area contributed by atoms with Gasteiger partial charge in [0, 0.05) is 0 Å². The summed E-state index contributed by atoms with van der Waals surface area (Å²) < 4.78 is 53.1. The lowest BCUT2D eigenvalue weighted by atomic mass is 10.1.